The maximum absolute atomic E-state index is 12.9. The van der Waals surface area contributed by atoms with Crippen LogP contribution in [-0.2, 0) is 9.59 Å². The van der Waals surface area contributed by atoms with Gasteiger partial charge < -0.3 is 20.1 Å². The van der Waals surface area contributed by atoms with E-state index in [1.54, 1.807) is 38.4 Å². The van der Waals surface area contributed by atoms with E-state index in [2.05, 4.69) is 15.6 Å². The Bertz CT molecular complexity index is 1050. The summed E-state index contributed by atoms with van der Waals surface area (Å²) in [6.45, 7) is 2.03. The van der Waals surface area contributed by atoms with Gasteiger partial charge >= 0.3 is 0 Å². The molecule has 0 aliphatic carbocycles. The van der Waals surface area contributed by atoms with E-state index in [4.69, 9.17) is 9.47 Å². The molecule has 3 rings (SSSR count). The van der Waals surface area contributed by atoms with Crippen LogP contribution in [-0.4, -0.2) is 56.1 Å². The van der Waals surface area contributed by atoms with Crippen LogP contribution in [0.3, 0.4) is 0 Å². The summed E-state index contributed by atoms with van der Waals surface area (Å²) in [5.41, 5.74) is 2.82. The standard InChI is InChI=1S/C26H30N4O4/c1-18-13-14-27-23(15-18)28-24(31)16-30(2)17-25(32)29-26(19-5-9-21(33-3)10-6-19)20-7-11-22(34-4)12-8-20/h5-15,26H,16-17H2,1-4H3,(H,29,32)(H,27,28,31). The van der Waals surface area contributed by atoms with Gasteiger partial charge in [-0.1, -0.05) is 24.3 Å². The molecule has 8 heteroatoms. The van der Waals surface area contributed by atoms with Gasteiger partial charge in [0.1, 0.15) is 17.3 Å². The Balaban J connectivity index is 1.65. The SMILES string of the molecule is COc1ccc(C(NC(=O)CN(C)CC(=O)Nc2cc(C)ccn2)c2ccc(OC)cc2)cc1. The molecular weight excluding hydrogens is 432 g/mol. The van der Waals surface area contributed by atoms with E-state index >= 15 is 0 Å². The Labute approximate surface area is 199 Å². The number of ether oxygens (including phenoxy) is 2. The molecule has 0 unspecified atom stereocenters. The van der Waals surface area contributed by atoms with Gasteiger partial charge in [-0.25, -0.2) is 4.98 Å². The third-order valence-corrected chi connectivity index (χ3v) is 5.21. The normalized spacial score (nSPS) is 10.8. The van der Waals surface area contributed by atoms with E-state index in [0.29, 0.717) is 5.82 Å². The maximum atomic E-state index is 12.9. The molecule has 8 nitrogen and oxygen atoms in total. The third-order valence-electron chi connectivity index (χ3n) is 5.21. The van der Waals surface area contributed by atoms with Gasteiger partial charge in [0, 0.05) is 6.20 Å². The topological polar surface area (TPSA) is 92.8 Å². The summed E-state index contributed by atoms with van der Waals surface area (Å²) < 4.78 is 10.5. The second-order valence-electron chi connectivity index (χ2n) is 7.99. The predicted octanol–water partition coefficient (Wildman–Crippen LogP) is 3.18. The second kappa shape index (κ2) is 11.8. The van der Waals surface area contributed by atoms with Crippen molar-refractivity contribution in [3.8, 4) is 11.5 Å². The molecule has 2 amide bonds. The van der Waals surface area contributed by atoms with Crippen molar-refractivity contribution in [1.82, 2.24) is 15.2 Å². The number of anilines is 1. The molecule has 1 heterocycles. The molecule has 0 fully saturated rings. The minimum Gasteiger partial charge on any atom is -0.497 e. The van der Waals surface area contributed by atoms with Crippen LogP contribution in [0.1, 0.15) is 22.7 Å². The lowest BCUT2D eigenvalue weighted by molar-refractivity contribution is -0.123. The van der Waals surface area contributed by atoms with Crippen LogP contribution in [0, 0.1) is 6.92 Å². The van der Waals surface area contributed by atoms with E-state index in [9.17, 15) is 9.59 Å². The molecular formula is C26H30N4O4. The molecule has 0 spiro atoms. The molecule has 3 aromatic rings. The number of methoxy groups -OCH3 is 2. The van der Waals surface area contributed by atoms with E-state index < -0.39 is 0 Å². The van der Waals surface area contributed by atoms with Gasteiger partial charge in [-0.3, -0.25) is 14.5 Å². The first-order valence-corrected chi connectivity index (χ1v) is 10.9. The Morgan fingerprint density at radius 2 is 1.41 bits per heavy atom. The van der Waals surface area contributed by atoms with E-state index in [-0.39, 0.29) is 30.9 Å². The molecule has 0 radical (unpaired) electrons. The highest BCUT2D eigenvalue weighted by Crippen LogP contribution is 2.26. The first kappa shape index (κ1) is 24.7. The number of aryl methyl sites for hydroxylation is 1. The smallest absolute Gasteiger partial charge is 0.239 e. The molecule has 0 saturated carbocycles. The first-order chi connectivity index (χ1) is 16.4. The predicted molar refractivity (Wildman–Crippen MR) is 131 cm³/mol. The van der Waals surface area contributed by atoms with Gasteiger partial charge in [0.25, 0.3) is 0 Å². The summed E-state index contributed by atoms with van der Waals surface area (Å²) in [4.78, 5) is 31.0. The minimum absolute atomic E-state index is 0.0531. The van der Waals surface area contributed by atoms with Crippen LogP contribution in [0.2, 0.25) is 0 Å². The molecule has 0 saturated heterocycles. The van der Waals surface area contributed by atoms with Crippen molar-refractivity contribution in [2.75, 3.05) is 39.7 Å². The summed E-state index contributed by atoms with van der Waals surface area (Å²) in [6.07, 6.45) is 1.64. The summed E-state index contributed by atoms with van der Waals surface area (Å²) in [6, 6.07) is 18.4. The number of hydrogen-bond acceptors (Lipinski definition) is 6. The fraction of sp³-hybridized carbons (Fsp3) is 0.269. The van der Waals surface area contributed by atoms with E-state index in [0.717, 1.165) is 28.2 Å². The van der Waals surface area contributed by atoms with Gasteiger partial charge in [-0.05, 0) is 67.1 Å². The monoisotopic (exact) mass is 462 g/mol. The number of pyridine rings is 1. The fourth-order valence-electron chi connectivity index (χ4n) is 3.49. The van der Waals surface area contributed by atoms with Crippen LogP contribution in [0.15, 0.2) is 66.9 Å². The van der Waals surface area contributed by atoms with Crippen LogP contribution >= 0.6 is 0 Å². The lowest BCUT2D eigenvalue weighted by atomic mass is 9.98. The molecule has 0 atom stereocenters. The third kappa shape index (κ3) is 7.05. The van der Waals surface area contributed by atoms with Gasteiger partial charge in [0.05, 0.1) is 33.4 Å². The Morgan fingerprint density at radius 1 is 0.882 bits per heavy atom. The molecule has 2 aromatic carbocycles. The zero-order chi connectivity index (χ0) is 24.5. The van der Waals surface area contributed by atoms with Gasteiger partial charge in [0.2, 0.25) is 11.8 Å². The van der Waals surface area contributed by atoms with Gasteiger partial charge in [-0.2, -0.15) is 0 Å². The van der Waals surface area contributed by atoms with Crippen molar-refractivity contribution < 1.29 is 19.1 Å². The van der Waals surface area contributed by atoms with Crippen molar-refractivity contribution in [1.29, 1.82) is 0 Å². The molecule has 0 bridgehead atoms. The number of carbonyl (C=O) groups excluding carboxylic acids is 2. The zero-order valence-corrected chi connectivity index (χ0v) is 19.9. The first-order valence-electron chi connectivity index (χ1n) is 10.9. The highest BCUT2D eigenvalue weighted by atomic mass is 16.5. The molecule has 1 aromatic heterocycles. The highest BCUT2D eigenvalue weighted by Gasteiger charge is 2.19. The summed E-state index contributed by atoms with van der Waals surface area (Å²) >= 11 is 0. The second-order valence-corrected chi connectivity index (χ2v) is 7.99. The fourth-order valence-corrected chi connectivity index (χ4v) is 3.49. The average molecular weight is 463 g/mol. The summed E-state index contributed by atoms with van der Waals surface area (Å²) in [5, 5.41) is 5.83. The quantitative estimate of drug-likeness (QED) is 0.481. The lowest BCUT2D eigenvalue weighted by Crippen LogP contribution is -2.40. The molecule has 0 aliphatic rings. The highest BCUT2D eigenvalue weighted by molar-refractivity contribution is 5.91. The largest absolute Gasteiger partial charge is 0.497 e. The summed E-state index contributed by atoms with van der Waals surface area (Å²) in [5.74, 6) is 1.51. The number of carbonyl (C=O) groups is 2. The van der Waals surface area contributed by atoms with Crippen molar-refractivity contribution in [3.05, 3.63) is 83.6 Å². The van der Waals surface area contributed by atoms with Crippen molar-refractivity contribution in [2.45, 2.75) is 13.0 Å². The van der Waals surface area contributed by atoms with Gasteiger partial charge in [0.15, 0.2) is 0 Å². The molecule has 178 valence electrons. The number of nitrogens with one attached hydrogen (secondary N) is 2. The van der Waals surface area contributed by atoms with Crippen LogP contribution < -0.4 is 20.1 Å². The zero-order valence-electron chi connectivity index (χ0n) is 19.9. The summed E-state index contributed by atoms with van der Waals surface area (Å²) in [7, 11) is 4.94. The maximum Gasteiger partial charge on any atom is 0.239 e. The van der Waals surface area contributed by atoms with Crippen LogP contribution in [0.25, 0.3) is 0 Å². The Kier molecular flexibility index (Phi) is 8.59. The number of rotatable bonds is 10. The average Bonchev–Trinajstić information content (AvgIpc) is 2.82. The number of hydrogen-bond donors (Lipinski definition) is 2. The van der Waals surface area contributed by atoms with Crippen LogP contribution in [0.5, 0.6) is 11.5 Å². The molecule has 0 aliphatic heterocycles. The number of amides is 2. The molecule has 2 N–H and O–H groups in total. The number of nitrogens with zero attached hydrogens (tertiary/aromatic N) is 2. The van der Waals surface area contributed by atoms with Crippen molar-refractivity contribution in [3.63, 3.8) is 0 Å². The number of benzene rings is 2. The van der Waals surface area contributed by atoms with E-state index in [1.165, 1.54) is 0 Å². The van der Waals surface area contributed by atoms with E-state index in [1.807, 2.05) is 61.5 Å². The van der Waals surface area contributed by atoms with Gasteiger partial charge in [-0.15, -0.1) is 0 Å². The lowest BCUT2D eigenvalue weighted by Gasteiger charge is -2.22. The Morgan fingerprint density at radius 3 is 1.91 bits per heavy atom. The molecule has 34 heavy (non-hydrogen) atoms. The number of aromatic nitrogens is 1. The minimum atomic E-state index is -0.372. The van der Waals surface area contributed by atoms with Crippen molar-refractivity contribution >= 4 is 17.6 Å². The Hall–Kier alpha value is -3.91. The number of likely N-dealkylation sites (N-methyl/N-ethyl adjacent to an activating group) is 1. The van der Waals surface area contributed by atoms with Crippen molar-refractivity contribution in [2.24, 2.45) is 0 Å². The van der Waals surface area contributed by atoms with Crippen LogP contribution in [0.4, 0.5) is 5.82 Å².